The number of ether oxygens (including phenoxy) is 1. The van der Waals surface area contributed by atoms with E-state index in [0.29, 0.717) is 12.3 Å². The minimum atomic E-state index is -1.14. The highest BCUT2D eigenvalue weighted by Gasteiger charge is 2.31. The summed E-state index contributed by atoms with van der Waals surface area (Å²) in [5.74, 6) is -0.831. The molecule has 0 spiro atoms. The lowest BCUT2D eigenvalue weighted by atomic mass is 10.2. The highest BCUT2D eigenvalue weighted by Crippen LogP contribution is 2.22. The molecule has 1 aromatic heterocycles. The van der Waals surface area contributed by atoms with Gasteiger partial charge < -0.3 is 9.84 Å². The Kier molecular flexibility index (Phi) is 3.82. The molecule has 1 saturated heterocycles. The number of carboxylic acids is 1. The van der Waals surface area contributed by atoms with Crippen LogP contribution >= 0.6 is 0 Å². The molecule has 0 amide bonds. The number of aryl methyl sites for hydroxylation is 1. The molecule has 0 saturated carbocycles. The van der Waals surface area contributed by atoms with Crippen molar-refractivity contribution in [3.05, 3.63) is 17.5 Å². The SMILES string of the molecule is CC1OCCC1S(=O)Cc1c(C(=O)O)cnn1C. The second-order valence-electron chi connectivity index (χ2n) is 4.36. The molecule has 18 heavy (non-hydrogen) atoms. The topological polar surface area (TPSA) is 81.4 Å². The van der Waals surface area contributed by atoms with E-state index in [4.69, 9.17) is 9.84 Å². The fourth-order valence-electron chi connectivity index (χ4n) is 2.11. The van der Waals surface area contributed by atoms with Gasteiger partial charge in [0.25, 0.3) is 0 Å². The molecule has 0 aromatic carbocycles. The van der Waals surface area contributed by atoms with Crippen molar-refractivity contribution < 1.29 is 18.8 Å². The number of aromatic nitrogens is 2. The Morgan fingerprint density at radius 3 is 3.00 bits per heavy atom. The van der Waals surface area contributed by atoms with Crippen molar-refractivity contribution in [2.24, 2.45) is 7.05 Å². The summed E-state index contributed by atoms with van der Waals surface area (Å²) in [4.78, 5) is 11.0. The Balaban J connectivity index is 2.16. The quantitative estimate of drug-likeness (QED) is 0.865. The average Bonchev–Trinajstić information content (AvgIpc) is 2.86. The van der Waals surface area contributed by atoms with Gasteiger partial charge in [0, 0.05) is 24.5 Å². The molecule has 1 aliphatic rings. The van der Waals surface area contributed by atoms with Crippen LogP contribution in [0.2, 0.25) is 0 Å². The monoisotopic (exact) mass is 272 g/mol. The molecule has 7 heteroatoms. The van der Waals surface area contributed by atoms with Gasteiger partial charge >= 0.3 is 5.97 Å². The highest BCUT2D eigenvalue weighted by atomic mass is 32.2. The van der Waals surface area contributed by atoms with Crippen molar-refractivity contribution >= 4 is 16.8 Å². The summed E-state index contributed by atoms with van der Waals surface area (Å²) in [7, 11) is 0.519. The van der Waals surface area contributed by atoms with Crippen LogP contribution in [0, 0.1) is 0 Å². The normalized spacial score (nSPS) is 25.2. The predicted molar refractivity (Wildman–Crippen MR) is 65.8 cm³/mol. The molecule has 0 aliphatic carbocycles. The van der Waals surface area contributed by atoms with E-state index in [0.717, 1.165) is 6.42 Å². The zero-order valence-electron chi connectivity index (χ0n) is 10.3. The van der Waals surface area contributed by atoms with Crippen LogP contribution in [-0.2, 0) is 28.3 Å². The minimum absolute atomic E-state index is 0.0263. The third kappa shape index (κ3) is 2.46. The molecular weight excluding hydrogens is 256 g/mol. The third-order valence-corrected chi connectivity index (χ3v) is 5.07. The van der Waals surface area contributed by atoms with Gasteiger partial charge in [-0.2, -0.15) is 5.10 Å². The van der Waals surface area contributed by atoms with Gasteiger partial charge in [0.2, 0.25) is 0 Å². The zero-order valence-corrected chi connectivity index (χ0v) is 11.1. The number of aromatic carboxylic acids is 1. The van der Waals surface area contributed by atoms with Gasteiger partial charge in [-0.05, 0) is 13.3 Å². The lowest BCUT2D eigenvalue weighted by Gasteiger charge is -2.14. The minimum Gasteiger partial charge on any atom is -0.478 e. The highest BCUT2D eigenvalue weighted by molar-refractivity contribution is 7.84. The number of carbonyl (C=O) groups is 1. The van der Waals surface area contributed by atoms with Crippen molar-refractivity contribution in [2.75, 3.05) is 6.61 Å². The fraction of sp³-hybridized carbons (Fsp3) is 0.636. The Bertz CT molecular complexity index is 485. The zero-order chi connectivity index (χ0) is 13.3. The van der Waals surface area contributed by atoms with Gasteiger partial charge in [-0.1, -0.05) is 0 Å². The van der Waals surface area contributed by atoms with Crippen LogP contribution in [-0.4, -0.2) is 43.0 Å². The second-order valence-corrected chi connectivity index (χ2v) is 6.02. The first-order chi connectivity index (χ1) is 8.50. The summed E-state index contributed by atoms with van der Waals surface area (Å²) in [6.45, 7) is 2.52. The van der Waals surface area contributed by atoms with Crippen molar-refractivity contribution in [1.82, 2.24) is 9.78 Å². The Morgan fingerprint density at radius 2 is 2.44 bits per heavy atom. The summed E-state index contributed by atoms with van der Waals surface area (Å²) in [5.41, 5.74) is 0.623. The average molecular weight is 272 g/mol. The van der Waals surface area contributed by atoms with Crippen LogP contribution in [0.5, 0.6) is 0 Å². The first-order valence-corrected chi connectivity index (χ1v) is 7.12. The van der Waals surface area contributed by atoms with E-state index < -0.39 is 16.8 Å². The van der Waals surface area contributed by atoms with Crippen molar-refractivity contribution in [3.63, 3.8) is 0 Å². The fourth-order valence-corrected chi connectivity index (χ4v) is 3.80. The molecule has 2 heterocycles. The number of carboxylic acid groups (broad SMARTS) is 1. The summed E-state index contributed by atoms with van der Waals surface area (Å²) in [5, 5.41) is 12.9. The molecule has 6 nitrogen and oxygen atoms in total. The molecule has 3 unspecified atom stereocenters. The standard InChI is InChI=1S/C11H16N2O4S/c1-7-10(3-4-17-7)18(16)6-9-8(11(14)15)5-12-13(9)2/h5,7,10H,3-4,6H2,1-2H3,(H,14,15). The maximum Gasteiger partial charge on any atom is 0.339 e. The largest absolute Gasteiger partial charge is 0.478 e. The van der Waals surface area contributed by atoms with E-state index in [-0.39, 0.29) is 22.7 Å². The van der Waals surface area contributed by atoms with E-state index in [1.54, 1.807) is 7.05 Å². The summed E-state index contributed by atoms with van der Waals surface area (Å²) in [6.07, 6.45) is 2.02. The van der Waals surface area contributed by atoms with Gasteiger partial charge in [-0.3, -0.25) is 8.89 Å². The summed E-state index contributed by atoms with van der Waals surface area (Å²) >= 11 is 0. The van der Waals surface area contributed by atoms with Crippen LogP contribution < -0.4 is 0 Å². The lowest BCUT2D eigenvalue weighted by Crippen LogP contribution is -2.25. The van der Waals surface area contributed by atoms with Gasteiger partial charge in [-0.15, -0.1) is 0 Å². The molecule has 1 fully saturated rings. The maximum atomic E-state index is 12.2. The molecule has 1 aliphatic heterocycles. The van der Waals surface area contributed by atoms with Crippen LogP contribution in [0.3, 0.4) is 0 Å². The molecule has 1 N–H and O–H groups in total. The molecule has 2 rings (SSSR count). The van der Waals surface area contributed by atoms with Gasteiger partial charge in [0.15, 0.2) is 0 Å². The smallest absolute Gasteiger partial charge is 0.339 e. The van der Waals surface area contributed by atoms with E-state index in [1.165, 1.54) is 10.9 Å². The van der Waals surface area contributed by atoms with Crippen LogP contribution in [0.4, 0.5) is 0 Å². The van der Waals surface area contributed by atoms with Crippen molar-refractivity contribution in [1.29, 1.82) is 0 Å². The maximum absolute atomic E-state index is 12.2. The molecule has 0 bridgehead atoms. The number of hydrogen-bond donors (Lipinski definition) is 1. The number of rotatable bonds is 4. The molecule has 0 radical (unpaired) electrons. The first kappa shape index (κ1) is 13.2. The third-order valence-electron chi connectivity index (χ3n) is 3.22. The van der Waals surface area contributed by atoms with Crippen LogP contribution in [0.15, 0.2) is 6.20 Å². The first-order valence-electron chi connectivity index (χ1n) is 5.73. The summed E-state index contributed by atoms with van der Waals surface area (Å²) < 4.78 is 19.1. The second kappa shape index (κ2) is 5.19. The predicted octanol–water partition coefficient (Wildman–Crippen LogP) is 0.544. The van der Waals surface area contributed by atoms with Crippen LogP contribution in [0.1, 0.15) is 29.4 Å². The molecule has 100 valence electrons. The van der Waals surface area contributed by atoms with E-state index >= 15 is 0 Å². The van der Waals surface area contributed by atoms with E-state index in [1.807, 2.05) is 6.92 Å². The Morgan fingerprint density at radius 1 is 1.72 bits per heavy atom. The molecule has 1 aromatic rings. The van der Waals surface area contributed by atoms with Gasteiger partial charge in [0.1, 0.15) is 5.56 Å². The van der Waals surface area contributed by atoms with Crippen LogP contribution in [0.25, 0.3) is 0 Å². The lowest BCUT2D eigenvalue weighted by molar-refractivity contribution is 0.0696. The van der Waals surface area contributed by atoms with Crippen molar-refractivity contribution in [3.8, 4) is 0 Å². The van der Waals surface area contributed by atoms with Gasteiger partial charge in [0.05, 0.1) is 29.0 Å². The number of hydrogen-bond acceptors (Lipinski definition) is 4. The van der Waals surface area contributed by atoms with E-state index in [9.17, 15) is 9.00 Å². The molecular formula is C11H16N2O4S. The molecule has 3 atom stereocenters. The van der Waals surface area contributed by atoms with E-state index in [2.05, 4.69) is 5.10 Å². The Hall–Kier alpha value is -1.21. The summed E-state index contributed by atoms with van der Waals surface area (Å²) in [6, 6.07) is 0. The Labute approximate surface area is 107 Å². The number of nitrogens with zero attached hydrogens (tertiary/aromatic N) is 2. The van der Waals surface area contributed by atoms with Gasteiger partial charge in [-0.25, -0.2) is 4.79 Å². The van der Waals surface area contributed by atoms with Crippen molar-refractivity contribution in [2.45, 2.75) is 30.5 Å².